The number of nitrogens with zero attached hydrogens (tertiary/aromatic N) is 1. The lowest BCUT2D eigenvalue weighted by Crippen LogP contribution is -2.68. The van der Waals surface area contributed by atoms with Crippen molar-refractivity contribution in [1.82, 2.24) is 26.2 Å². The second-order valence-corrected chi connectivity index (χ2v) is 15.6. The highest BCUT2D eigenvalue weighted by atomic mass is 16.6. The van der Waals surface area contributed by atoms with Gasteiger partial charge in [-0.1, -0.05) is 48.5 Å². The number of alkyl carbamates (subject to hydrolysis) is 3. The van der Waals surface area contributed by atoms with Crippen molar-refractivity contribution in [3.05, 3.63) is 59.7 Å². The van der Waals surface area contributed by atoms with Gasteiger partial charge in [0.1, 0.15) is 29.5 Å². The summed E-state index contributed by atoms with van der Waals surface area (Å²) in [4.78, 5) is 52.2. The van der Waals surface area contributed by atoms with Crippen LogP contribution in [0.25, 0.3) is 11.1 Å². The lowest BCUT2D eigenvalue weighted by molar-refractivity contribution is -0.130. The summed E-state index contributed by atoms with van der Waals surface area (Å²) in [6.07, 6.45) is -1.51. The Labute approximate surface area is 305 Å². The Hall–Kier alpha value is -4.40. The Balaban J connectivity index is 1.27. The van der Waals surface area contributed by atoms with Gasteiger partial charge in [0.05, 0.1) is 6.10 Å². The van der Waals surface area contributed by atoms with Crippen LogP contribution in [0.4, 0.5) is 14.4 Å². The number of ether oxygens (including phenoxy) is 3. The van der Waals surface area contributed by atoms with E-state index in [2.05, 4.69) is 21.3 Å². The Morgan fingerprint density at radius 3 is 1.96 bits per heavy atom. The molecule has 1 saturated heterocycles. The lowest BCUT2D eigenvalue weighted by atomic mass is 9.93. The molecule has 1 heterocycles. The van der Waals surface area contributed by atoms with Crippen LogP contribution in [0.15, 0.2) is 48.5 Å². The minimum absolute atomic E-state index is 0.0168. The van der Waals surface area contributed by atoms with Crippen molar-refractivity contribution in [2.45, 2.75) is 95.7 Å². The van der Waals surface area contributed by atoms with Gasteiger partial charge in [-0.3, -0.25) is 9.69 Å². The van der Waals surface area contributed by atoms with Gasteiger partial charge >= 0.3 is 18.3 Å². The van der Waals surface area contributed by atoms with Gasteiger partial charge < -0.3 is 45.7 Å². The highest BCUT2D eigenvalue weighted by Crippen LogP contribution is 2.44. The van der Waals surface area contributed by atoms with Gasteiger partial charge in [-0.2, -0.15) is 0 Å². The van der Waals surface area contributed by atoms with E-state index in [1.54, 1.807) is 46.4 Å². The number of aliphatic hydroxyl groups is 2. The molecule has 0 bridgehead atoms. The Morgan fingerprint density at radius 1 is 0.827 bits per heavy atom. The summed E-state index contributed by atoms with van der Waals surface area (Å²) in [6.45, 7) is 11.5. The van der Waals surface area contributed by atoms with Gasteiger partial charge in [-0.15, -0.1) is 0 Å². The first kappa shape index (κ1) is 40.4. The quantitative estimate of drug-likeness (QED) is 0.117. The van der Waals surface area contributed by atoms with Crippen LogP contribution >= 0.6 is 0 Å². The average Bonchev–Trinajstić information content (AvgIpc) is 3.36. The molecule has 286 valence electrons. The van der Waals surface area contributed by atoms with Crippen LogP contribution in [-0.2, 0) is 19.0 Å². The molecule has 0 saturated carbocycles. The zero-order valence-corrected chi connectivity index (χ0v) is 31.1. The largest absolute Gasteiger partial charge is 0.449 e. The first-order valence-electron chi connectivity index (χ1n) is 17.9. The normalized spacial score (nSPS) is 16.3. The van der Waals surface area contributed by atoms with Gasteiger partial charge in [0, 0.05) is 45.2 Å². The average molecular weight is 726 g/mol. The number of hydrogen-bond donors (Lipinski definition) is 6. The third-order valence-corrected chi connectivity index (χ3v) is 8.52. The number of carbonyl (C=O) groups excluding carboxylic acids is 4. The fraction of sp³-hybridized carbons (Fsp3) is 0.579. The van der Waals surface area contributed by atoms with Gasteiger partial charge in [-0.25, -0.2) is 14.4 Å². The van der Waals surface area contributed by atoms with Crippen LogP contribution < -0.4 is 21.3 Å². The summed E-state index contributed by atoms with van der Waals surface area (Å²) in [5, 5.41) is 32.0. The molecule has 1 aliphatic carbocycles. The molecule has 4 rings (SSSR count). The van der Waals surface area contributed by atoms with E-state index in [1.807, 2.05) is 48.5 Å². The van der Waals surface area contributed by atoms with E-state index in [4.69, 9.17) is 14.2 Å². The summed E-state index contributed by atoms with van der Waals surface area (Å²) in [5.41, 5.74) is 1.82. The number of amides is 4. The molecule has 0 spiro atoms. The number of unbranched alkanes of at least 4 members (excludes halogenated alkanes) is 1. The minimum Gasteiger partial charge on any atom is -0.449 e. The van der Waals surface area contributed by atoms with Crippen LogP contribution in [0, 0.1) is 0 Å². The van der Waals surface area contributed by atoms with Crippen LogP contribution in [0.1, 0.15) is 77.8 Å². The summed E-state index contributed by atoms with van der Waals surface area (Å²) in [5.74, 6) is -0.631. The minimum atomic E-state index is -1.24. The molecule has 2 aromatic carbocycles. The molecule has 4 amide bonds. The van der Waals surface area contributed by atoms with Crippen molar-refractivity contribution in [2.24, 2.45) is 0 Å². The molecule has 0 radical (unpaired) electrons. The molecule has 1 aliphatic heterocycles. The predicted molar refractivity (Wildman–Crippen MR) is 195 cm³/mol. The van der Waals surface area contributed by atoms with Crippen molar-refractivity contribution in [3.63, 3.8) is 0 Å². The maximum Gasteiger partial charge on any atom is 0.407 e. The van der Waals surface area contributed by atoms with E-state index < -0.39 is 53.1 Å². The van der Waals surface area contributed by atoms with Crippen molar-refractivity contribution < 1.29 is 43.6 Å². The third kappa shape index (κ3) is 12.4. The molecular formula is C38H55N5O9. The zero-order valence-electron chi connectivity index (χ0n) is 31.1. The number of β-amino-alcohol motifs (C(OH)–C–C–N with tert-alkyl or cyclic N) is 2. The number of aliphatic hydroxyl groups excluding tert-OH is 1. The number of carbonyl (C=O) groups is 4. The maximum absolute atomic E-state index is 13.4. The van der Waals surface area contributed by atoms with Gasteiger partial charge in [-0.05, 0) is 83.1 Å². The number of hydrogen-bond acceptors (Lipinski definition) is 10. The number of nitrogens with one attached hydrogen (secondary N) is 4. The topological polar surface area (TPSA) is 188 Å². The van der Waals surface area contributed by atoms with Crippen molar-refractivity contribution in [2.75, 3.05) is 45.9 Å². The first-order chi connectivity index (χ1) is 24.4. The van der Waals surface area contributed by atoms with E-state index in [0.29, 0.717) is 19.4 Å². The highest BCUT2D eigenvalue weighted by Gasteiger charge is 2.42. The highest BCUT2D eigenvalue weighted by molar-refractivity contribution is 5.86. The first-order valence-corrected chi connectivity index (χ1v) is 17.9. The summed E-state index contributed by atoms with van der Waals surface area (Å²) in [6, 6.07) is 15.1. The standard InChI is InChI=1S/C38H55N5O9/c1-36(2,3)51-33(46)39-18-12-11-17-31(42-35(48)50-21-30-28-15-9-7-13-26(28)27-14-8-10-16-29(27)30)32(45)41-22-38(49)23-43(24-38)20-25(44)19-40-34(47)52-37(4,5)6/h7-10,13-16,25,30-31,44,49H,11-12,17-24H2,1-6H3,(H,39,46)(H,40,47)(H,41,45)(H,42,48)/t25-,31+/m1/s1. The van der Waals surface area contributed by atoms with Gasteiger partial charge in [0.15, 0.2) is 0 Å². The number of benzene rings is 2. The van der Waals surface area contributed by atoms with Crippen LogP contribution in [-0.4, -0.2) is 114 Å². The molecule has 2 atom stereocenters. The van der Waals surface area contributed by atoms with Gasteiger partial charge in [0.25, 0.3) is 0 Å². The monoisotopic (exact) mass is 725 g/mol. The molecule has 14 nitrogen and oxygen atoms in total. The number of likely N-dealkylation sites (tertiary alicyclic amines) is 1. The molecule has 6 N–H and O–H groups in total. The van der Waals surface area contributed by atoms with Crippen molar-refractivity contribution in [3.8, 4) is 11.1 Å². The fourth-order valence-electron chi connectivity index (χ4n) is 6.31. The van der Waals surface area contributed by atoms with Crippen molar-refractivity contribution in [1.29, 1.82) is 0 Å². The lowest BCUT2D eigenvalue weighted by Gasteiger charge is -2.47. The van der Waals surface area contributed by atoms with Crippen LogP contribution in [0.3, 0.4) is 0 Å². The third-order valence-electron chi connectivity index (χ3n) is 8.52. The SMILES string of the molecule is CC(C)(C)OC(=O)NCCCC[C@H](NC(=O)OCC1c2ccccc2-c2ccccc21)C(=O)NCC1(O)CN(C[C@H](O)CNC(=O)OC(C)(C)C)C1. The second-order valence-electron chi connectivity index (χ2n) is 15.6. The molecule has 14 heteroatoms. The summed E-state index contributed by atoms with van der Waals surface area (Å²) >= 11 is 0. The summed E-state index contributed by atoms with van der Waals surface area (Å²) < 4.78 is 16.1. The molecule has 2 aromatic rings. The molecule has 52 heavy (non-hydrogen) atoms. The van der Waals surface area contributed by atoms with Crippen molar-refractivity contribution >= 4 is 24.2 Å². The summed E-state index contributed by atoms with van der Waals surface area (Å²) in [7, 11) is 0. The van der Waals surface area contributed by atoms with E-state index in [1.165, 1.54) is 0 Å². The van der Waals surface area contributed by atoms with E-state index in [9.17, 15) is 29.4 Å². The Bertz CT molecular complexity index is 1500. The maximum atomic E-state index is 13.4. The van der Waals surface area contributed by atoms with Crippen LogP contribution in [0.5, 0.6) is 0 Å². The second kappa shape index (κ2) is 17.4. The zero-order chi connectivity index (χ0) is 38.1. The number of rotatable bonds is 15. The predicted octanol–water partition coefficient (Wildman–Crippen LogP) is 3.64. The molecule has 0 unspecified atom stereocenters. The molecule has 1 fully saturated rings. The van der Waals surface area contributed by atoms with Gasteiger partial charge in [0.2, 0.25) is 5.91 Å². The molecule has 0 aromatic heterocycles. The molecular weight excluding hydrogens is 670 g/mol. The Morgan fingerprint density at radius 2 is 1.38 bits per heavy atom. The van der Waals surface area contributed by atoms with Crippen LogP contribution in [0.2, 0.25) is 0 Å². The number of fused-ring (bicyclic) bond motifs is 3. The van der Waals surface area contributed by atoms with E-state index >= 15 is 0 Å². The smallest absolute Gasteiger partial charge is 0.407 e. The molecule has 2 aliphatic rings. The van der Waals surface area contributed by atoms with E-state index in [0.717, 1.165) is 22.3 Å². The van der Waals surface area contributed by atoms with E-state index in [-0.39, 0.29) is 51.7 Å². The Kier molecular flexibility index (Phi) is 13.5. The fourth-order valence-corrected chi connectivity index (χ4v) is 6.31.